The Labute approximate surface area is 155 Å². The second-order valence-corrected chi connectivity index (χ2v) is 5.41. The zero-order valence-electron chi connectivity index (χ0n) is 14.9. The van der Waals surface area contributed by atoms with E-state index in [1.807, 2.05) is 0 Å². The SMILES string of the molecule is COC(=O)/C=C/c1ccc(OC(=O)c2ccc(C)c([N+](=O)[O-])c2)c(OC)c1. The number of benzene rings is 2. The highest BCUT2D eigenvalue weighted by molar-refractivity contribution is 5.92. The van der Waals surface area contributed by atoms with E-state index in [-0.39, 0.29) is 22.7 Å². The Morgan fingerprint density at radius 3 is 2.44 bits per heavy atom. The molecule has 0 fully saturated rings. The molecule has 0 saturated heterocycles. The van der Waals surface area contributed by atoms with Gasteiger partial charge in [-0.1, -0.05) is 12.1 Å². The largest absolute Gasteiger partial charge is 0.493 e. The number of ether oxygens (including phenoxy) is 3. The van der Waals surface area contributed by atoms with Gasteiger partial charge in [-0.15, -0.1) is 0 Å². The summed E-state index contributed by atoms with van der Waals surface area (Å²) in [6.45, 7) is 1.58. The Balaban J connectivity index is 2.25. The second-order valence-electron chi connectivity index (χ2n) is 5.41. The first-order valence-electron chi connectivity index (χ1n) is 7.77. The molecule has 0 aliphatic carbocycles. The van der Waals surface area contributed by atoms with E-state index in [9.17, 15) is 19.7 Å². The maximum Gasteiger partial charge on any atom is 0.343 e. The van der Waals surface area contributed by atoms with Crippen LogP contribution < -0.4 is 9.47 Å². The lowest BCUT2D eigenvalue weighted by Gasteiger charge is -2.10. The van der Waals surface area contributed by atoms with Crippen LogP contribution in [-0.4, -0.2) is 31.1 Å². The lowest BCUT2D eigenvalue weighted by atomic mass is 10.1. The summed E-state index contributed by atoms with van der Waals surface area (Å²) in [5, 5.41) is 11.0. The summed E-state index contributed by atoms with van der Waals surface area (Å²) in [5.74, 6) is -0.863. The van der Waals surface area contributed by atoms with Gasteiger partial charge in [-0.05, 0) is 36.8 Å². The molecule has 0 N–H and O–H groups in total. The predicted molar refractivity (Wildman–Crippen MR) is 96.8 cm³/mol. The van der Waals surface area contributed by atoms with E-state index in [2.05, 4.69) is 4.74 Å². The van der Waals surface area contributed by atoms with Gasteiger partial charge >= 0.3 is 11.9 Å². The first kappa shape index (κ1) is 19.6. The number of esters is 2. The molecule has 2 rings (SSSR count). The van der Waals surface area contributed by atoms with Gasteiger partial charge in [-0.2, -0.15) is 0 Å². The number of carbonyl (C=O) groups excluding carboxylic acids is 2. The predicted octanol–water partition coefficient (Wildman–Crippen LogP) is 3.32. The van der Waals surface area contributed by atoms with Gasteiger partial charge in [0.1, 0.15) is 0 Å². The van der Waals surface area contributed by atoms with Gasteiger partial charge in [0.15, 0.2) is 11.5 Å². The highest BCUT2D eigenvalue weighted by Gasteiger charge is 2.18. The Hall–Kier alpha value is -3.68. The summed E-state index contributed by atoms with van der Waals surface area (Å²) in [5.41, 5.74) is 0.947. The van der Waals surface area contributed by atoms with Crippen LogP contribution in [0.25, 0.3) is 6.08 Å². The zero-order valence-corrected chi connectivity index (χ0v) is 14.9. The maximum absolute atomic E-state index is 12.3. The third-order valence-electron chi connectivity index (χ3n) is 3.64. The fraction of sp³-hybridized carbons (Fsp3) is 0.158. The molecular weight excluding hydrogens is 354 g/mol. The van der Waals surface area contributed by atoms with E-state index in [0.29, 0.717) is 11.1 Å². The molecule has 0 bridgehead atoms. The molecule has 140 valence electrons. The minimum atomic E-state index is -0.755. The Morgan fingerprint density at radius 1 is 1.07 bits per heavy atom. The quantitative estimate of drug-likeness (QED) is 0.252. The van der Waals surface area contributed by atoms with Crippen molar-refractivity contribution < 1.29 is 28.7 Å². The molecular formula is C19H17NO7. The summed E-state index contributed by atoms with van der Waals surface area (Å²) in [6, 6.07) is 8.77. The number of nitro benzene ring substituents is 1. The number of hydrogen-bond donors (Lipinski definition) is 0. The van der Waals surface area contributed by atoms with E-state index < -0.39 is 16.9 Å². The van der Waals surface area contributed by atoms with Gasteiger partial charge in [-0.25, -0.2) is 9.59 Å². The number of aryl methyl sites for hydroxylation is 1. The average molecular weight is 371 g/mol. The van der Waals surface area contributed by atoms with Crippen molar-refractivity contribution in [1.29, 1.82) is 0 Å². The molecule has 0 aromatic heterocycles. The van der Waals surface area contributed by atoms with Crippen LogP contribution >= 0.6 is 0 Å². The van der Waals surface area contributed by atoms with Crippen LogP contribution in [0, 0.1) is 17.0 Å². The number of rotatable bonds is 6. The highest BCUT2D eigenvalue weighted by atomic mass is 16.6. The van der Waals surface area contributed by atoms with Gasteiger partial charge in [0, 0.05) is 17.7 Å². The number of nitrogens with zero attached hydrogens (tertiary/aromatic N) is 1. The highest BCUT2D eigenvalue weighted by Crippen LogP contribution is 2.30. The normalized spacial score (nSPS) is 10.5. The summed E-state index contributed by atoms with van der Waals surface area (Å²) < 4.78 is 15.0. The monoisotopic (exact) mass is 371 g/mol. The molecule has 0 atom stereocenters. The maximum atomic E-state index is 12.3. The summed E-state index contributed by atoms with van der Waals surface area (Å²) in [6.07, 6.45) is 2.76. The molecule has 0 heterocycles. The van der Waals surface area contributed by atoms with Crippen molar-refractivity contribution in [2.24, 2.45) is 0 Å². The summed E-state index contributed by atoms with van der Waals surface area (Å²) >= 11 is 0. The molecule has 0 aliphatic rings. The molecule has 27 heavy (non-hydrogen) atoms. The molecule has 0 unspecified atom stereocenters. The zero-order chi connectivity index (χ0) is 20.0. The number of methoxy groups -OCH3 is 2. The van der Waals surface area contributed by atoms with Crippen molar-refractivity contribution in [3.63, 3.8) is 0 Å². The average Bonchev–Trinajstić information content (AvgIpc) is 2.66. The summed E-state index contributed by atoms with van der Waals surface area (Å²) in [7, 11) is 2.67. The van der Waals surface area contributed by atoms with Crippen molar-refractivity contribution in [3.8, 4) is 11.5 Å². The second kappa shape index (κ2) is 8.61. The topological polar surface area (TPSA) is 105 Å². The van der Waals surface area contributed by atoms with E-state index in [1.165, 1.54) is 44.6 Å². The molecule has 8 heteroatoms. The van der Waals surface area contributed by atoms with E-state index >= 15 is 0 Å². The van der Waals surface area contributed by atoms with Crippen molar-refractivity contribution >= 4 is 23.7 Å². The van der Waals surface area contributed by atoms with Crippen LogP contribution in [0.1, 0.15) is 21.5 Å². The van der Waals surface area contributed by atoms with Crippen LogP contribution in [0.15, 0.2) is 42.5 Å². The van der Waals surface area contributed by atoms with Crippen molar-refractivity contribution in [2.75, 3.05) is 14.2 Å². The molecule has 0 amide bonds. The lowest BCUT2D eigenvalue weighted by Crippen LogP contribution is -2.10. The minimum absolute atomic E-state index is 0.0454. The van der Waals surface area contributed by atoms with E-state index in [4.69, 9.17) is 9.47 Å². The Kier molecular flexibility index (Phi) is 6.27. The van der Waals surface area contributed by atoms with Gasteiger partial charge in [0.2, 0.25) is 0 Å². The van der Waals surface area contributed by atoms with Crippen LogP contribution in [0.2, 0.25) is 0 Å². The smallest absolute Gasteiger partial charge is 0.343 e. The molecule has 2 aromatic carbocycles. The van der Waals surface area contributed by atoms with Crippen molar-refractivity contribution in [3.05, 3.63) is 69.3 Å². The van der Waals surface area contributed by atoms with Crippen LogP contribution in [0.5, 0.6) is 11.5 Å². The number of hydrogen-bond acceptors (Lipinski definition) is 7. The Bertz CT molecular complexity index is 918. The fourth-order valence-corrected chi connectivity index (χ4v) is 2.20. The van der Waals surface area contributed by atoms with Gasteiger partial charge in [-0.3, -0.25) is 10.1 Å². The van der Waals surface area contributed by atoms with E-state index in [1.54, 1.807) is 19.1 Å². The van der Waals surface area contributed by atoms with Crippen LogP contribution in [0.3, 0.4) is 0 Å². The lowest BCUT2D eigenvalue weighted by molar-refractivity contribution is -0.385. The minimum Gasteiger partial charge on any atom is -0.493 e. The van der Waals surface area contributed by atoms with Gasteiger partial charge < -0.3 is 14.2 Å². The molecule has 0 saturated carbocycles. The first-order chi connectivity index (χ1) is 12.8. The van der Waals surface area contributed by atoms with Crippen molar-refractivity contribution in [2.45, 2.75) is 6.92 Å². The number of nitro groups is 1. The standard InChI is InChI=1S/C19H17NO7/c1-12-4-7-14(11-15(12)20(23)24)19(22)27-16-8-5-13(10-17(16)25-2)6-9-18(21)26-3/h4-11H,1-3H3/b9-6+. The molecule has 8 nitrogen and oxygen atoms in total. The fourth-order valence-electron chi connectivity index (χ4n) is 2.20. The number of carbonyl (C=O) groups is 2. The summed E-state index contributed by atoms with van der Waals surface area (Å²) in [4.78, 5) is 33.9. The van der Waals surface area contributed by atoms with Crippen LogP contribution in [-0.2, 0) is 9.53 Å². The van der Waals surface area contributed by atoms with Gasteiger partial charge in [0.25, 0.3) is 5.69 Å². The third-order valence-corrected chi connectivity index (χ3v) is 3.64. The first-order valence-corrected chi connectivity index (χ1v) is 7.77. The molecule has 0 aliphatic heterocycles. The van der Waals surface area contributed by atoms with E-state index in [0.717, 1.165) is 6.07 Å². The molecule has 0 radical (unpaired) electrons. The molecule has 2 aromatic rings. The Morgan fingerprint density at radius 2 is 1.81 bits per heavy atom. The van der Waals surface area contributed by atoms with Crippen molar-refractivity contribution in [1.82, 2.24) is 0 Å². The van der Waals surface area contributed by atoms with Crippen LogP contribution in [0.4, 0.5) is 5.69 Å². The molecule has 0 spiro atoms. The third kappa shape index (κ3) is 4.91. The van der Waals surface area contributed by atoms with Gasteiger partial charge in [0.05, 0.1) is 24.7 Å².